The number of benzene rings is 1. The van der Waals surface area contributed by atoms with Crippen LogP contribution in [0, 0.1) is 0 Å². The summed E-state index contributed by atoms with van der Waals surface area (Å²) in [5.74, 6) is -0.298. The summed E-state index contributed by atoms with van der Waals surface area (Å²) in [6, 6.07) is 6.92. The van der Waals surface area contributed by atoms with E-state index in [-0.39, 0.29) is 24.1 Å². The maximum atomic E-state index is 12.2. The van der Waals surface area contributed by atoms with Gasteiger partial charge in [-0.3, -0.25) is 9.52 Å². The monoisotopic (exact) mass is 347 g/mol. The zero-order valence-electron chi connectivity index (χ0n) is 12.5. The van der Waals surface area contributed by atoms with Crippen LogP contribution in [-0.4, -0.2) is 39.2 Å². The van der Waals surface area contributed by atoms with Crippen molar-refractivity contribution in [3.63, 3.8) is 0 Å². The summed E-state index contributed by atoms with van der Waals surface area (Å²) in [6.07, 6.45) is 2.16. The molecule has 6 nitrogen and oxygen atoms in total. The zero-order valence-corrected chi connectivity index (χ0v) is 14.1. The molecule has 1 heterocycles. The Hall–Kier alpha value is -1.31. The number of amides is 1. The van der Waals surface area contributed by atoms with Crippen LogP contribution in [0.1, 0.15) is 30.1 Å². The van der Waals surface area contributed by atoms with Crippen LogP contribution in [0.3, 0.4) is 0 Å². The molecule has 1 saturated heterocycles. The molecule has 1 aromatic rings. The topological polar surface area (TPSA) is 87.3 Å². The van der Waals surface area contributed by atoms with Gasteiger partial charge >= 0.3 is 0 Å². The molecule has 1 aliphatic heterocycles. The van der Waals surface area contributed by atoms with Crippen molar-refractivity contribution >= 4 is 34.0 Å². The summed E-state index contributed by atoms with van der Waals surface area (Å²) >= 11 is 0. The lowest BCUT2D eigenvalue weighted by molar-refractivity contribution is 0.0951. The molecule has 2 rings (SSSR count). The number of hydrogen-bond donors (Lipinski definition) is 3. The normalized spacial score (nSPS) is 17.6. The molecule has 1 aliphatic rings. The van der Waals surface area contributed by atoms with E-state index in [2.05, 4.69) is 15.4 Å². The van der Waals surface area contributed by atoms with E-state index in [0.717, 1.165) is 19.4 Å². The Morgan fingerprint density at radius 3 is 2.73 bits per heavy atom. The van der Waals surface area contributed by atoms with E-state index in [1.54, 1.807) is 31.2 Å². The van der Waals surface area contributed by atoms with Crippen molar-refractivity contribution in [1.29, 1.82) is 0 Å². The maximum Gasteiger partial charge on any atom is 0.253 e. The lowest BCUT2D eigenvalue weighted by Crippen LogP contribution is -2.37. The van der Waals surface area contributed by atoms with Crippen LogP contribution in [-0.2, 0) is 10.0 Å². The van der Waals surface area contributed by atoms with Gasteiger partial charge in [0.1, 0.15) is 0 Å². The highest BCUT2D eigenvalue weighted by molar-refractivity contribution is 7.92. The van der Waals surface area contributed by atoms with Crippen LogP contribution in [0.25, 0.3) is 0 Å². The summed E-state index contributed by atoms with van der Waals surface area (Å²) in [7, 11) is -3.40. The quantitative estimate of drug-likeness (QED) is 0.725. The van der Waals surface area contributed by atoms with E-state index < -0.39 is 10.0 Å². The lowest BCUT2D eigenvalue weighted by atomic mass is 10.1. The van der Waals surface area contributed by atoms with Crippen molar-refractivity contribution < 1.29 is 13.2 Å². The third-order valence-electron chi connectivity index (χ3n) is 3.49. The molecule has 1 unspecified atom stereocenters. The highest BCUT2D eigenvalue weighted by Crippen LogP contribution is 2.16. The fourth-order valence-corrected chi connectivity index (χ4v) is 2.91. The van der Waals surface area contributed by atoms with Crippen molar-refractivity contribution in [1.82, 2.24) is 10.6 Å². The van der Waals surface area contributed by atoms with Gasteiger partial charge in [0, 0.05) is 12.6 Å². The van der Waals surface area contributed by atoms with E-state index in [4.69, 9.17) is 0 Å². The highest BCUT2D eigenvalue weighted by atomic mass is 35.5. The average Bonchev–Trinajstić information content (AvgIpc) is 2.98. The number of rotatable bonds is 6. The number of halogens is 1. The first kappa shape index (κ1) is 18.7. The Labute approximate surface area is 137 Å². The molecule has 1 fully saturated rings. The number of hydrogen-bond acceptors (Lipinski definition) is 4. The second kappa shape index (κ2) is 8.36. The van der Waals surface area contributed by atoms with E-state index in [1.807, 2.05) is 0 Å². The van der Waals surface area contributed by atoms with Crippen molar-refractivity contribution in [3.8, 4) is 0 Å². The van der Waals surface area contributed by atoms with Gasteiger partial charge in [0.15, 0.2) is 0 Å². The fraction of sp³-hybridized carbons (Fsp3) is 0.500. The van der Waals surface area contributed by atoms with E-state index in [1.165, 1.54) is 0 Å². The summed E-state index contributed by atoms with van der Waals surface area (Å²) in [4.78, 5) is 12.2. The van der Waals surface area contributed by atoms with Gasteiger partial charge in [-0.25, -0.2) is 8.42 Å². The van der Waals surface area contributed by atoms with E-state index in [0.29, 0.717) is 23.8 Å². The van der Waals surface area contributed by atoms with Gasteiger partial charge in [0.2, 0.25) is 10.0 Å². The van der Waals surface area contributed by atoms with E-state index >= 15 is 0 Å². The number of nitrogens with one attached hydrogen (secondary N) is 3. The molecule has 124 valence electrons. The smallest absolute Gasteiger partial charge is 0.253 e. The van der Waals surface area contributed by atoms with Crippen LogP contribution in [0.2, 0.25) is 0 Å². The van der Waals surface area contributed by atoms with Crippen LogP contribution < -0.4 is 15.4 Å². The summed E-state index contributed by atoms with van der Waals surface area (Å²) in [5.41, 5.74) is 0.656. The molecule has 22 heavy (non-hydrogen) atoms. The zero-order chi connectivity index (χ0) is 15.3. The Morgan fingerprint density at radius 2 is 2.09 bits per heavy atom. The van der Waals surface area contributed by atoms with Gasteiger partial charge in [-0.05, 0) is 38.4 Å². The molecule has 0 spiro atoms. The molecular weight excluding hydrogens is 326 g/mol. The van der Waals surface area contributed by atoms with Crippen molar-refractivity contribution in [2.24, 2.45) is 0 Å². The number of para-hydroxylation sites is 1. The standard InChI is InChI=1S/C14H21N3O3S.ClH/c1-2-21(19,20)17-13-8-4-3-7-12(13)14(18)16-10-11-6-5-9-15-11;/h3-4,7-8,11,15,17H,2,5-6,9-10H2,1H3,(H,16,18);1H. The molecule has 0 saturated carbocycles. The first-order valence-electron chi connectivity index (χ1n) is 7.13. The van der Waals surface area contributed by atoms with Crippen LogP contribution in [0.15, 0.2) is 24.3 Å². The average molecular weight is 348 g/mol. The van der Waals surface area contributed by atoms with Crippen LogP contribution in [0.4, 0.5) is 5.69 Å². The fourth-order valence-electron chi connectivity index (χ4n) is 2.25. The lowest BCUT2D eigenvalue weighted by Gasteiger charge is -2.14. The highest BCUT2D eigenvalue weighted by Gasteiger charge is 2.18. The predicted molar refractivity (Wildman–Crippen MR) is 90.1 cm³/mol. The Bertz CT molecular complexity index is 601. The van der Waals surface area contributed by atoms with Gasteiger partial charge in [-0.15, -0.1) is 12.4 Å². The van der Waals surface area contributed by atoms with Gasteiger partial charge in [-0.1, -0.05) is 12.1 Å². The second-order valence-electron chi connectivity index (χ2n) is 5.05. The summed E-state index contributed by atoms with van der Waals surface area (Å²) in [6.45, 7) is 3.08. The van der Waals surface area contributed by atoms with Gasteiger partial charge in [-0.2, -0.15) is 0 Å². The molecule has 0 aliphatic carbocycles. The first-order valence-corrected chi connectivity index (χ1v) is 8.78. The molecule has 3 N–H and O–H groups in total. The van der Waals surface area contributed by atoms with Gasteiger partial charge < -0.3 is 10.6 Å². The molecule has 0 aromatic heterocycles. The largest absolute Gasteiger partial charge is 0.350 e. The van der Waals surface area contributed by atoms with E-state index in [9.17, 15) is 13.2 Å². The molecule has 1 amide bonds. The third kappa shape index (κ3) is 5.15. The molecule has 8 heteroatoms. The Balaban J connectivity index is 0.00000242. The maximum absolute atomic E-state index is 12.2. The van der Waals surface area contributed by atoms with Crippen LogP contribution in [0.5, 0.6) is 0 Å². The molecule has 0 bridgehead atoms. The summed E-state index contributed by atoms with van der Waals surface area (Å²) < 4.78 is 25.8. The second-order valence-corrected chi connectivity index (χ2v) is 7.07. The predicted octanol–water partition coefficient (Wildman–Crippen LogP) is 1.35. The molecule has 0 radical (unpaired) electrons. The van der Waals surface area contributed by atoms with Crippen molar-refractivity contribution in [2.75, 3.05) is 23.6 Å². The minimum atomic E-state index is -3.40. The number of anilines is 1. The Morgan fingerprint density at radius 1 is 1.36 bits per heavy atom. The molecular formula is C14H22ClN3O3S. The third-order valence-corrected chi connectivity index (χ3v) is 4.78. The molecule has 1 atom stereocenters. The Kier molecular flexibility index (Phi) is 7.12. The van der Waals surface area contributed by atoms with Crippen LogP contribution >= 0.6 is 12.4 Å². The number of sulfonamides is 1. The first-order chi connectivity index (χ1) is 10.0. The number of carbonyl (C=O) groups excluding carboxylic acids is 1. The van der Waals surface area contributed by atoms with Gasteiger partial charge in [0.05, 0.1) is 17.0 Å². The molecule has 1 aromatic carbocycles. The minimum absolute atomic E-state index is 0. The summed E-state index contributed by atoms with van der Waals surface area (Å²) in [5, 5.41) is 6.15. The van der Waals surface area contributed by atoms with Gasteiger partial charge in [0.25, 0.3) is 5.91 Å². The SMILES string of the molecule is CCS(=O)(=O)Nc1ccccc1C(=O)NCC1CCCN1.Cl. The minimum Gasteiger partial charge on any atom is -0.350 e. The van der Waals surface area contributed by atoms with Crippen molar-refractivity contribution in [2.45, 2.75) is 25.8 Å². The van der Waals surface area contributed by atoms with Crippen molar-refractivity contribution in [3.05, 3.63) is 29.8 Å². The number of carbonyl (C=O) groups is 1.